The van der Waals surface area contributed by atoms with E-state index in [0.29, 0.717) is 22.2 Å². The molecule has 1 aliphatic rings. The van der Waals surface area contributed by atoms with Crippen molar-refractivity contribution in [2.45, 2.75) is 12.3 Å². The molecule has 4 nitrogen and oxygen atoms in total. The third-order valence-electron chi connectivity index (χ3n) is 4.05. The van der Waals surface area contributed by atoms with Gasteiger partial charge in [0, 0.05) is 17.1 Å². The molecule has 0 spiro atoms. The van der Waals surface area contributed by atoms with Gasteiger partial charge in [0.25, 0.3) is 0 Å². The number of aromatic hydroxyl groups is 1. The molecule has 0 saturated heterocycles. The smallest absolute Gasteiger partial charge is 0.433 e. The number of phenols is 1. The first-order chi connectivity index (χ1) is 11.9. The van der Waals surface area contributed by atoms with Gasteiger partial charge in [-0.15, -0.1) is 0 Å². The van der Waals surface area contributed by atoms with Crippen molar-refractivity contribution >= 4 is 22.3 Å². The number of halogens is 3. The van der Waals surface area contributed by atoms with Gasteiger partial charge in [-0.05, 0) is 23.8 Å². The fourth-order valence-electron chi connectivity index (χ4n) is 2.88. The Hall–Kier alpha value is -3.09. The highest BCUT2D eigenvalue weighted by Crippen LogP contribution is 2.38. The molecule has 1 atom stereocenters. The van der Waals surface area contributed by atoms with E-state index in [-0.39, 0.29) is 11.3 Å². The molecule has 0 bridgehead atoms. The first-order valence-corrected chi connectivity index (χ1v) is 7.52. The minimum absolute atomic E-state index is 0.0367. The van der Waals surface area contributed by atoms with Gasteiger partial charge in [0.15, 0.2) is 5.71 Å². The molecule has 126 valence electrons. The standard InChI is InChI=1S/C18H12F3N3O/c19-18(20,21)16-13-9-22-14-4-2-1-3-12(14)15(13)23-17(24-16)10-5-7-11(25)8-6-10/h1-9,17,23,25H. The van der Waals surface area contributed by atoms with Gasteiger partial charge in [-0.3, -0.25) is 9.98 Å². The number of benzene rings is 2. The highest BCUT2D eigenvalue weighted by molar-refractivity contribution is 6.14. The Balaban J connectivity index is 1.93. The number of nitrogens with one attached hydrogen (secondary N) is 1. The predicted molar refractivity (Wildman–Crippen MR) is 88.8 cm³/mol. The average molecular weight is 343 g/mol. The van der Waals surface area contributed by atoms with Crippen molar-refractivity contribution in [3.8, 4) is 5.75 Å². The number of hydrogen-bond donors (Lipinski definition) is 2. The number of hydrogen-bond acceptors (Lipinski definition) is 4. The van der Waals surface area contributed by atoms with Gasteiger partial charge in [0.1, 0.15) is 11.9 Å². The van der Waals surface area contributed by atoms with Crippen LogP contribution >= 0.6 is 0 Å². The van der Waals surface area contributed by atoms with Crippen LogP contribution < -0.4 is 5.32 Å². The van der Waals surface area contributed by atoms with E-state index in [1.165, 1.54) is 18.3 Å². The van der Waals surface area contributed by atoms with Crippen LogP contribution in [-0.4, -0.2) is 22.0 Å². The minimum atomic E-state index is -4.60. The maximum Gasteiger partial charge on any atom is 0.433 e. The van der Waals surface area contributed by atoms with Crippen LogP contribution in [0.5, 0.6) is 5.75 Å². The Morgan fingerprint density at radius 2 is 1.72 bits per heavy atom. The maximum atomic E-state index is 13.5. The van der Waals surface area contributed by atoms with Crippen molar-refractivity contribution in [2.75, 3.05) is 5.32 Å². The van der Waals surface area contributed by atoms with Gasteiger partial charge in [0.2, 0.25) is 0 Å². The van der Waals surface area contributed by atoms with Crippen LogP contribution in [0, 0.1) is 0 Å². The highest BCUT2D eigenvalue weighted by atomic mass is 19.4. The molecule has 2 aromatic carbocycles. The summed E-state index contributed by atoms with van der Waals surface area (Å²) in [5.74, 6) is 0.0367. The van der Waals surface area contributed by atoms with Gasteiger partial charge in [-0.25, -0.2) is 0 Å². The molecule has 2 heterocycles. The second-order valence-corrected chi connectivity index (χ2v) is 5.68. The van der Waals surface area contributed by atoms with Crippen molar-refractivity contribution in [1.29, 1.82) is 0 Å². The first-order valence-electron chi connectivity index (χ1n) is 7.52. The lowest BCUT2D eigenvalue weighted by molar-refractivity contribution is -0.0585. The summed E-state index contributed by atoms with van der Waals surface area (Å²) in [6, 6.07) is 12.9. The van der Waals surface area contributed by atoms with E-state index >= 15 is 0 Å². The van der Waals surface area contributed by atoms with Crippen LogP contribution in [0.25, 0.3) is 10.9 Å². The molecule has 0 saturated carbocycles. The number of fused-ring (bicyclic) bond motifs is 3. The fourth-order valence-corrected chi connectivity index (χ4v) is 2.88. The van der Waals surface area contributed by atoms with E-state index in [4.69, 9.17) is 0 Å². The van der Waals surface area contributed by atoms with Crippen LogP contribution in [0.3, 0.4) is 0 Å². The Morgan fingerprint density at radius 3 is 2.44 bits per heavy atom. The monoisotopic (exact) mass is 343 g/mol. The van der Waals surface area contributed by atoms with Crippen molar-refractivity contribution in [2.24, 2.45) is 4.99 Å². The summed E-state index contributed by atoms with van der Waals surface area (Å²) < 4.78 is 40.6. The lowest BCUT2D eigenvalue weighted by Gasteiger charge is -2.27. The maximum absolute atomic E-state index is 13.5. The van der Waals surface area contributed by atoms with E-state index in [0.717, 1.165) is 0 Å². The molecule has 7 heteroatoms. The van der Waals surface area contributed by atoms with Gasteiger partial charge < -0.3 is 10.4 Å². The first kappa shape index (κ1) is 15.4. The molecule has 3 aromatic rings. The number of aliphatic imine (C=N–C) groups is 1. The van der Waals surface area contributed by atoms with Crippen LogP contribution in [0.2, 0.25) is 0 Å². The molecular formula is C18H12F3N3O. The van der Waals surface area contributed by atoms with E-state index < -0.39 is 18.1 Å². The van der Waals surface area contributed by atoms with Gasteiger partial charge >= 0.3 is 6.18 Å². The lowest BCUT2D eigenvalue weighted by Crippen LogP contribution is -2.31. The second-order valence-electron chi connectivity index (χ2n) is 5.68. The number of aromatic nitrogens is 1. The minimum Gasteiger partial charge on any atom is -0.508 e. The molecule has 0 aliphatic carbocycles. The quantitative estimate of drug-likeness (QED) is 0.688. The summed E-state index contributed by atoms with van der Waals surface area (Å²) in [4.78, 5) is 7.97. The fraction of sp³-hybridized carbons (Fsp3) is 0.111. The summed E-state index contributed by atoms with van der Waals surface area (Å²) in [5, 5.41) is 13.1. The lowest BCUT2D eigenvalue weighted by atomic mass is 10.0. The zero-order valence-electron chi connectivity index (χ0n) is 12.7. The third-order valence-corrected chi connectivity index (χ3v) is 4.05. The number of anilines is 1. The van der Waals surface area contributed by atoms with Crippen molar-refractivity contribution in [1.82, 2.24) is 4.98 Å². The molecule has 0 amide bonds. The summed E-state index contributed by atoms with van der Waals surface area (Å²) in [6.07, 6.45) is -4.31. The second kappa shape index (κ2) is 5.47. The summed E-state index contributed by atoms with van der Waals surface area (Å²) in [5.41, 5.74) is 0.442. The van der Waals surface area contributed by atoms with Crippen molar-refractivity contribution in [3.05, 3.63) is 65.9 Å². The number of pyridine rings is 1. The van der Waals surface area contributed by atoms with E-state index in [1.807, 2.05) is 0 Å². The molecule has 1 aliphatic heterocycles. The van der Waals surface area contributed by atoms with Crippen LogP contribution in [0.15, 0.2) is 59.7 Å². The number of alkyl halides is 3. The van der Waals surface area contributed by atoms with Crippen molar-refractivity contribution in [3.63, 3.8) is 0 Å². The highest BCUT2D eigenvalue weighted by Gasteiger charge is 2.41. The molecule has 4 rings (SSSR count). The largest absolute Gasteiger partial charge is 0.508 e. The number of nitrogens with zero attached hydrogens (tertiary/aromatic N) is 2. The number of phenolic OH excluding ortho intramolecular Hbond substituents is 1. The van der Waals surface area contributed by atoms with Gasteiger partial charge in [-0.2, -0.15) is 13.2 Å². The number of rotatable bonds is 1. The zero-order valence-corrected chi connectivity index (χ0v) is 12.7. The summed E-state index contributed by atoms with van der Waals surface area (Å²) in [7, 11) is 0. The Kier molecular flexibility index (Phi) is 3.38. The molecule has 25 heavy (non-hydrogen) atoms. The molecule has 1 unspecified atom stereocenters. The van der Waals surface area contributed by atoms with Crippen LogP contribution in [0.4, 0.5) is 18.9 Å². The Labute approximate surface area is 140 Å². The third kappa shape index (κ3) is 2.67. The zero-order chi connectivity index (χ0) is 17.6. The van der Waals surface area contributed by atoms with E-state index in [1.54, 1.807) is 36.4 Å². The molecule has 0 fully saturated rings. The SMILES string of the molecule is Oc1ccc(C2N=C(C(F)(F)F)c3cnc4ccccc4c3N2)cc1. The molecule has 1 aromatic heterocycles. The van der Waals surface area contributed by atoms with Crippen LogP contribution in [-0.2, 0) is 0 Å². The van der Waals surface area contributed by atoms with E-state index in [9.17, 15) is 18.3 Å². The normalized spacial score (nSPS) is 16.9. The topological polar surface area (TPSA) is 57.5 Å². The van der Waals surface area contributed by atoms with Gasteiger partial charge in [0.05, 0.1) is 11.2 Å². The number of para-hydroxylation sites is 1. The Bertz CT molecular complexity index is 981. The molecule has 0 radical (unpaired) electrons. The predicted octanol–water partition coefficient (Wildman–Crippen LogP) is 4.42. The molecular weight excluding hydrogens is 331 g/mol. The summed E-state index contributed by atoms with van der Waals surface area (Å²) in [6.45, 7) is 0. The van der Waals surface area contributed by atoms with Crippen molar-refractivity contribution < 1.29 is 18.3 Å². The van der Waals surface area contributed by atoms with Crippen LogP contribution in [0.1, 0.15) is 17.3 Å². The average Bonchev–Trinajstić information content (AvgIpc) is 2.60. The molecule has 2 N–H and O–H groups in total. The Morgan fingerprint density at radius 1 is 1.00 bits per heavy atom. The van der Waals surface area contributed by atoms with Gasteiger partial charge in [-0.1, -0.05) is 30.3 Å². The summed E-state index contributed by atoms with van der Waals surface area (Å²) >= 11 is 0. The van der Waals surface area contributed by atoms with E-state index in [2.05, 4.69) is 15.3 Å².